The zero-order valence-corrected chi connectivity index (χ0v) is 24.4. The summed E-state index contributed by atoms with van der Waals surface area (Å²) in [5.41, 5.74) is 1.51. The number of carbonyl (C=O) groups excluding carboxylic acids is 1. The van der Waals surface area contributed by atoms with E-state index in [1.807, 2.05) is 9.80 Å². The number of likely N-dealkylation sites (tertiary alicyclic amines) is 1. The van der Waals surface area contributed by atoms with Crippen LogP contribution in [0.2, 0.25) is 5.02 Å². The number of rotatable bonds is 7. The second kappa shape index (κ2) is 12.1. The number of piperazine rings is 1. The van der Waals surface area contributed by atoms with E-state index >= 15 is 4.39 Å². The maximum Gasteiger partial charge on any atom is 0.246 e. The first-order valence-electron chi connectivity index (χ1n) is 14.6. The summed E-state index contributed by atoms with van der Waals surface area (Å²) in [5.74, 6) is -0.992. The van der Waals surface area contributed by atoms with Crippen LogP contribution in [0.3, 0.4) is 0 Å². The quantitative estimate of drug-likeness (QED) is 0.474. The standard InChI is InChI=1S/C31H33ClF2N6O3/c1-2-26(41)39-14-13-38(17-20(39)8-9-35)30-23-16-24(32)27(22-7-6-19(33)15-25(22)34)29-28(23)40(31(42)36-30)21(18-43-29)5-3-10-37-11-4-12-37/h2,6-7,15-16,20-21,31,42H,1,3-5,8,10-14,17-18H2/t20-,21?,31?/m0/s1. The monoisotopic (exact) mass is 610 g/mol. The van der Waals surface area contributed by atoms with Gasteiger partial charge in [-0.15, -0.1) is 0 Å². The Morgan fingerprint density at radius 1 is 1.21 bits per heavy atom. The van der Waals surface area contributed by atoms with Crippen LogP contribution in [-0.2, 0) is 4.79 Å². The molecule has 226 valence electrons. The van der Waals surface area contributed by atoms with Gasteiger partial charge in [-0.3, -0.25) is 4.79 Å². The average molecular weight is 611 g/mol. The Labute approximate surface area is 254 Å². The van der Waals surface area contributed by atoms with Crippen molar-refractivity contribution in [3.05, 3.63) is 59.1 Å². The van der Waals surface area contributed by atoms with Crippen LogP contribution in [-0.4, -0.2) is 95.9 Å². The number of hydrogen-bond acceptors (Lipinski definition) is 8. The third-order valence-electron chi connectivity index (χ3n) is 8.73. The number of nitrogens with zero attached hydrogens (tertiary/aromatic N) is 6. The molecule has 2 aromatic carbocycles. The Hall–Kier alpha value is -3.72. The normalized spacial score (nSPS) is 23.1. The van der Waals surface area contributed by atoms with Crippen LogP contribution in [0.4, 0.5) is 14.5 Å². The van der Waals surface area contributed by atoms with Gasteiger partial charge in [0.2, 0.25) is 12.3 Å². The Balaban J connectivity index is 1.41. The first-order valence-corrected chi connectivity index (χ1v) is 14.9. The zero-order chi connectivity index (χ0) is 30.2. The van der Waals surface area contributed by atoms with Gasteiger partial charge in [0.15, 0.2) is 5.75 Å². The summed E-state index contributed by atoms with van der Waals surface area (Å²) in [6, 6.07) is 6.53. The second-order valence-corrected chi connectivity index (χ2v) is 11.7. The van der Waals surface area contributed by atoms with E-state index in [0.717, 1.165) is 38.5 Å². The topological polar surface area (TPSA) is 95.6 Å². The molecule has 3 atom stereocenters. The summed E-state index contributed by atoms with van der Waals surface area (Å²) in [5, 5.41) is 21.2. The van der Waals surface area contributed by atoms with Gasteiger partial charge < -0.3 is 29.4 Å². The van der Waals surface area contributed by atoms with Crippen molar-refractivity contribution in [3.63, 3.8) is 0 Å². The predicted octanol–water partition coefficient (Wildman–Crippen LogP) is 3.99. The molecule has 2 unspecified atom stereocenters. The fraction of sp³-hybridized carbons (Fsp3) is 0.452. The summed E-state index contributed by atoms with van der Waals surface area (Å²) >= 11 is 6.84. The van der Waals surface area contributed by atoms with Crippen molar-refractivity contribution in [2.45, 2.75) is 44.1 Å². The van der Waals surface area contributed by atoms with Crippen molar-refractivity contribution >= 4 is 29.0 Å². The lowest BCUT2D eigenvalue weighted by atomic mass is 9.94. The summed E-state index contributed by atoms with van der Waals surface area (Å²) in [6.45, 7) is 8.00. The zero-order valence-electron chi connectivity index (χ0n) is 23.7. The number of halogens is 3. The summed E-state index contributed by atoms with van der Waals surface area (Å²) in [6.07, 6.45) is 2.95. The third kappa shape index (κ3) is 5.44. The Morgan fingerprint density at radius 3 is 2.72 bits per heavy atom. The number of aliphatic hydroxyl groups is 1. The van der Waals surface area contributed by atoms with E-state index in [-0.39, 0.29) is 41.1 Å². The van der Waals surface area contributed by atoms with Crippen LogP contribution in [0.1, 0.15) is 31.2 Å². The molecule has 1 N–H and O–H groups in total. The number of anilines is 1. The molecule has 2 aromatic rings. The molecule has 0 aliphatic carbocycles. The minimum Gasteiger partial charge on any atom is -0.489 e. The number of amides is 1. The highest BCUT2D eigenvalue weighted by Crippen LogP contribution is 2.51. The van der Waals surface area contributed by atoms with Crippen LogP contribution in [0.15, 0.2) is 41.9 Å². The van der Waals surface area contributed by atoms with Crippen LogP contribution in [0.25, 0.3) is 11.1 Å². The minimum atomic E-state index is -1.26. The lowest BCUT2D eigenvalue weighted by Crippen LogP contribution is -2.58. The molecule has 9 nitrogen and oxygen atoms in total. The van der Waals surface area contributed by atoms with Gasteiger partial charge in [-0.1, -0.05) is 18.2 Å². The van der Waals surface area contributed by atoms with Gasteiger partial charge in [-0.05, 0) is 63.2 Å². The van der Waals surface area contributed by atoms with Crippen LogP contribution in [0, 0.1) is 23.0 Å². The van der Waals surface area contributed by atoms with Gasteiger partial charge in [-0.2, -0.15) is 5.26 Å². The molecule has 0 radical (unpaired) electrons. The molecule has 2 saturated heterocycles. The largest absolute Gasteiger partial charge is 0.489 e. The lowest BCUT2D eigenvalue weighted by molar-refractivity contribution is -0.129. The van der Waals surface area contributed by atoms with E-state index in [2.05, 4.69) is 17.5 Å². The van der Waals surface area contributed by atoms with Crippen LogP contribution < -0.4 is 9.64 Å². The third-order valence-corrected chi connectivity index (χ3v) is 9.03. The summed E-state index contributed by atoms with van der Waals surface area (Å²) < 4.78 is 35.3. The van der Waals surface area contributed by atoms with Crippen molar-refractivity contribution in [2.75, 3.05) is 50.8 Å². The molecule has 43 heavy (non-hydrogen) atoms. The van der Waals surface area contributed by atoms with Gasteiger partial charge >= 0.3 is 0 Å². The maximum atomic E-state index is 15.1. The van der Waals surface area contributed by atoms with Gasteiger partial charge in [0.05, 0.1) is 35.3 Å². The number of hydrogen-bond donors (Lipinski definition) is 1. The Bertz CT molecular complexity index is 1510. The van der Waals surface area contributed by atoms with E-state index in [4.69, 9.17) is 21.3 Å². The van der Waals surface area contributed by atoms with E-state index in [1.165, 1.54) is 24.6 Å². The summed E-state index contributed by atoms with van der Waals surface area (Å²) in [7, 11) is 0. The number of aliphatic imine (C=N–C) groups is 1. The minimum absolute atomic E-state index is 0.0876. The molecule has 6 rings (SSSR count). The smallest absolute Gasteiger partial charge is 0.246 e. The van der Waals surface area contributed by atoms with Gasteiger partial charge in [0.1, 0.15) is 24.1 Å². The van der Waals surface area contributed by atoms with E-state index < -0.39 is 24.0 Å². The van der Waals surface area contributed by atoms with Gasteiger partial charge in [0, 0.05) is 42.4 Å². The predicted molar refractivity (Wildman–Crippen MR) is 159 cm³/mol. The molecule has 4 heterocycles. The highest BCUT2D eigenvalue weighted by atomic mass is 35.5. The van der Waals surface area contributed by atoms with E-state index in [9.17, 15) is 19.6 Å². The molecule has 12 heteroatoms. The fourth-order valence-electron chi connectivity index (χ4n) is 6.48. The highest BCUT2D eigenvalue weighted by Gasteiger charge is 2.43. The van der Waals surface area contributed by atoms with Crippen LogP contribution >= 0.6 is 11.6 Å². The molecule has 0 bridgehead atoms. The van der Waals surface area contributed by atoms with Gasteiger partial charge in [-0.25, -0.2) is 13.8 Å². The molecule has 4 aliphatic heterocycles. The van der Waals surface area contributed by atoms with E-state index in [1.54, 1.807) is 11.0 Å². The molecular weight excluding hydrogens is 578 g/mol. The number of ether oxygens (including phenoxy) is 1. The highest BCUT2D eigenvalue weighted by molar-refractivity contribution is 6.35. The van der Waals surface area contributed by atoms with Crippen molar-refractivity contribution in [1.29, 1.82) is 5.26 Å². The molecule has 0 aromatic heterocycles. The van der Waals surface area contributed by atoms with Crippen molar-refractivity contribution < 1.29 is 23.4 Å². The fourth-order valence-corrected chi connectivity index (χ4v) is 6.78. The number of nitriles is 1. The number of aliphatic hydroxyl groups excluding tert-OH is 1. The number of carbonyl (C=O) groups is 1. The van der Waals surface area contributed by atoms with Crippen molar-refractivity contribution in [1.82, 2.24) is 14.7 Å². The van der Waals surface area contributed by atoms with Gasteiger partial charge in [0.25, 0.3) is 0 Å². The molecule has 4 aliphatic rings. The molecular formula is C31H33ClF2N6O3. The van der Waals surface area contributed by atoms with E-state index in [0.29, 0.717) is 42.5 Å². The molecule has 0 saturated carbocycles. The molecule has 1 amide bonds. The average Bonchev–Trinajstić information content (AvgIpc) is 2.96. The summed E-state index contributed by atoms with van der Waals surface area (Å²) in [4.78, 5) is 25.0. The lowest BCUT2D eigenvalue weighted by Gasteiger charge is -2.47. The van der Waals surface area contributed by atoms with Crippen LogP contribution in [0.5, 0.6) is 5.75 Å². The Morgan fingerprint density at radius 2 is 2.02 bits per heavy atom. The van der Waals surface area contributed by atoms with Crippen molar-refractivity contribution in [3.8, 4) is 22.9 Å². The first-order chi connectivity index (χ1) is 20.8. The maximum absolute atomic E-state index is 15.1. The molecule has 0 spiro atoms. The molecule has 2 fully saturated rings. The SMILES string of the molecule is C=CC(=O)N1CCN(C2=NC(O)N3c4c2cc(Cl)c(-c2ccc(F)cc2F)c4OCC3CCCN2CCC2)C[C@@H]1CC#N. The van der Waals surface area contributed by atoms with Crippen molar-refractivity contribution in [2.24, 2.45) is 4.99 Å². The Kier molecular flexibility index (Phi) is 8.27. The second-order valence-electron chi connectivity index (χ2n) is 11.3. The number of amidine groups is 1. The number of benzene rings is 2. The first kappa shape index (κ1) is 29.4.